The summed E-state index contributed by atoms with van der Waals surface area (Å²) in [4.78, 5) is 22.9. The van der Waals surface area contributed by atoms with Crippen molar-refractivity contribution in [2.45, 2.75) is 26.7 Å². The van der Waals surface area contributed by atoms with Crippen molar-refractivity contribution in [1.29, 1.82) is 5.26 Å². The Morgan fingerprint density at radius 3 is 2.32 bits per heavy atom. The number of anilines is 2. The van der Waals surface area contributed by atoms with Crippen LogP contribution in [0.2, 0.25) is 0 Å². The van der Waals surface area contributed by atoms with Crippen LogP contribution in [0.1, 0.15) is 26.7 Å². The Morgan fingerprint density at radius 2 is 1.79 bits per heavy atom. The van der Waals surface area contributed by atoms with E-state index in [0.29, 0.717) is 23.7 Å². The first-order valence-corrected chi connectivity index (χ1v) is 6.08. The van der Waals surface area contributed by atoms with Gasteiger partial charge in [-0.3, -0.25) is 9.59 Å². The summed E-state index contributed by atoms with van der Waals surface area (Å²) in [5.41, 5.74) is 1.18. The summed E-state index contributed by atoms with van der Waals surface area (Å²) in [5.74, 6) is -0.137. The summed E-state index contributed by atoms with van der Waals surface area (Å²) < 4.78 is 0. The molecule has 0 atom stereocenters. The van der Waals surface area contributed by atoms with E-state index in [1.54, 1.807) is 30.3 Å². The van der Waals surface area contributed by atoms with Gasteiger partial charge in [-0.2, -0.15) is 5.26 Å². The Hall–Kier alpha value is -2.35. The molecule has 1 aromatic carbocycles. The number of carbonyl (C=O) groups excluding carboxylic acids is 2. The molecule has 5 heteroatoms. The summed E-state index contributed by atoms with van der Waals surface area (Å²) >= 11 is 0. The van der Waals surface area contributed by atoms with Crippen LogP contribution in [0.3, 0.4) is 0 Å². The Labute approximate surface area is 112 Å². The molecule has 0 radical (unpaired) electrons. The van der Waals surface area contributed by atoms with Crippen LogP contribution in [0.25, 0.3) is 0 Å². The number of benzene rings is 1. The highest BCUT2D eigenvalue weighted by Gasteiger charge is 2.06. The van der Waals surface area contributed by atoms with Crippen LogP contribution in [0, 0.1) is 17.2 Å². The molecule has 0 heterocycles. The fraction of sp³-hybridized carbons (Fsp3) is 0.357. The highest BCUT2D eigenvalue weighted by Crippen LogP contribution is 2.16. The first-order valence-electron chi connectivity index (χ1n) is 6.08. The van der Waals surface area contributed by atoms with Crippen molar-refractivity contribution in [3.05, 3.63) is 24.3 Å². The number of nitrogens with one attached hydrogen (secondary N) is 2. The summed E-state index contributed by atoms with van der Waals surface area (Å²) in [6, 6.07) is 8.61. The molecule has 0 fully saturated rings. The summed E-state index contributed by atoms with van der Waals surface area (Å²) in [6.45, 7) is 3.94. The van der Waals surface area contributed by atoms with Crippen LogP contribution < -0.4 is 10.6 Å². The largest absolute Gasteiger partial charge is 0.326 e. The molecular formula is C14H17N3O2. The zero-order valence-electron chi connectivity index (χ0n) is 11.1. The second-order valence-electron chi connectivity index (χ2n) is 4.61. The summed E-state index contributed by atoms with van der Waals surface area (Å²) in [6.07, 6.45) is 0.259. The van der Waals surface area contributed by atoms with Gasteiger partial charge in [-0.1, -0.05) is 19.9 Å². The lowest BCUT2D eigenvalue weighted by molar-refractivity contribution is -0.117. The van der Waals surface area contributed by atoms with E-state index in [1.807, 2.05) is 13.8 Å². The molecule has 2 N–H and O–H groups in total. The zero-order valence-corrected chi connectivity index (χ0v) is 11.1. The molecule has 19 heavy (non-hydrogen) atoms. The van der Waals surface area contributed by atoms with Gasteiger partial charge in [0.15, 0.2) is 0 Å². The number of rotatable bonds is 5. The summed E-state index contributed by atoms with van der Waals surface area (Å²) in [7, 11) is 0. The number of nitriles is 1. The van der Waals surface area contributed by atoms with Crippen LogP contribution in [0.15, 0.2) is 24.3 Å². The van der Waals surface area contributed by atoms with Crippen LogP contribution in [-0.2, 0) is 9.59 Å². The number of amides is 2. The Morgan fingerprint density at radius 1 is 1.21 bits per heavy atom. The standard InChI is InChI=1S/C14H17N3O2/c1-10(2)8-14(19)17-12-5-3-4-11(9-12)16-13(18)6-7-15/h3-5,9-10H,6,8H2,1-2H3,(H,16,18)(H,17,19). The van der Waals surface area contributed by atoms with E-state index in [0.717, 1.165) is 0 Å². The molecule has 0 aromatic heterocycles. The fourth-order valence-corrected chi connectivity index (χ4v) is 1.53. The highest BCUT2D eigenvalue weighted by atomic mass is 16.2. The minimum atomic E-state index is -0.367. The molecule has 0 aliphatic carbocycles. The van der Waals surface area contributed by atoms with Crippen LogP contribution in [0.5, 0.6) is 0 Å². The van der Waals surface area contributed by atoms with Crippen molar-refractivity contribution in [3.8, 4) is 6.07 Å². The van der Waals surface area contributed by atoms with Crippen molar-refractivity contribution in [2.24, 2.45) is 5.92 Å². The molecule has 0 unspecified atom stereocenters. The van der Waals surface area contributed by atoms with Crippen LogP contribution in [-0.4, -0.2) is 11.8 Å². The smallest absolute Gasteiger partial charge is 0.238 e. The second kappa shape index (κ2) is 7.17. The number of hydrogen-bond donors (Lipinski definition) is 2. The predicted molar refractivity (Wildman–Crippen MR) is 73.4 cm³/mol. The molecule has 5 nitrogen and oxygen atoms in total. The van der Waals surface area contributed by atoms with Gasteiger partial charge in [-0.15, -0.1) is 0 Å². The maximum Gasteiger partial charge on any atom is 0.238 e. The summed E-state index contributed by atoms with van der Waals surface area (Å²) in [5, 5.41) is 13.8. The van der Waals surface area contributed by atoms with Gasteiger partial charge in [0.2, 0.25) is 11.8 Å². The van der Waals surface area contributed by atoms with Crippen LogP contribution in [0.4, 0.5) is 11.4 Å². The molecule has 0 spiro atoms. The first kappa shape index (κ1) is 14.7. The average Bonchev–Trinajstić information content (AvgIpc) is 2.28. The van der Waals surface area contributed by atoms with Crippen molar-refractivity contribution in [1.82, 2.24) is 0 Å². The lowest BCUT2D eigenvalue weighted by Gasteiger charge is -2.09. The monoisotopic (exact) mass is 259 g/mol. The van der Waals surface area contributed by atoms with Crippen molar-refractivity contribution >= 4 is 23.2 Å². The number of hydrogen-bond acceptors (Lipinski definition) is 3. The Balaban J connectivity index is 2.64. The van der Waals surface area contributed by atoms with E-state index < -0.39 is 0 Å². The van der Waals surface area contributed by atoms with Gasteiger partial charge >= 0.3 is 0 Å². The third kappa shape index (κ3) is 5.68. The minimum absolute atomic E-state index is 0.0597. The van der Waals surface area contributed by atoms with Gasteiger partial charge in [0, 0.05) is 17.8 Å². The molecule has 1 aromatic rings. The van der Waals surface area contributed by atoms with Crippen molar-refractivity contribution < 1.29 is 9.59 Å². The molecule has 0 aliphatic rings. The van der Waals surface area contributed by atoms with Gasteiger partial charge in [0.05, 0.1) is 6.07 Å². The quantitative estimate of drug-likeness (QED) is 0.852. The lowest BCUT2D eigenvalue weighted by Crippen LogP contribution is -2.14. The average molecular weight is 259 g/mol. The van der Waals surface area contributed by atoms with E-state index in [9.17, 15) is 9.59 Å². The maximum atomic E-state index is 11.6. The fourth-order valence-electron chi connectivity index (χ4n) is 1.53. The topological polar surface area (TPSA) is 82.0 Å². The van der Waals surface area contributed by atoms with Gasteiger partial charge in [-0.05, 0) is 24.1 Å². The highest BCUT2D eigenvalue weighted by molar-refractivity contribution is 5.94. The molecular weight excluding hydrogens is 242 g/mol. The number of nitrogens with zero attached hydrogens (tertiary/aromatic N) is 1. The molecule has 0 saturated heterocycles. The van der Waals surface area contributed by atoms with Crippen molar-refractivity contribution in [2.75, 3.05) is 10.6 Å². The third-order valence-corrected chi connectivity index (χ3v) is 2.26. The van der Waals surface area contributed by atoms with E-state index in [2.05, 4.69) is 10.6 Å². The van der Waals surface area contributed by atoms with Gasteiger partial charge < -0.3 is 10.6 Å². The second-order valence-corrected chi connectivity index (χ2v) is 4.61. The molecule has 2 amide bonds. The normalized spacial score (nSPS) is 9.79. The molecule has 0 saturated carbocycles. The Bertz CT molecular complexity index is 504. The minimum Gasteiger partial charge on any atom is -0.326 e. The van der Waals surface area contributed by atoms with Gasteiger partial charge in [-0.25, -0.2) is 0 Å². The van der Waals surface area contributed by atoms with Crippen molar-refractivity contribution in [3.63, 3.8) is 0 Å². The molecule has 0 aliphatic heterocycles. The number of carbonyl (C=O) groups is 2. The van der Waals surface area contributed by atoms with Crippen LogP contribution >= 0.6 is 0 Å². The molecule has 100 valence electrons. The predicted octanol–water partition coefficient (Wildman–Crippen LogP) is 2.52. The van der Waals surface area contributed by atoms with E-state index in [1.165, 1.54) is 0 Å². The van der Waals surface area contributed by atoms with Gasteiger partial charge in [0.1, 0.15) is 6.42 Å². The SMILES string of the molecule is CC(C)CC(=O)Nc1cccc(NC(=O)CC#N)c1. The third-order valence-electron chi connectivity index (χ3n) is 2.26. The van der Waals surface area contributed by atoms with Gasteiger partial charge in [0.25, 0.3) is 0 Å². The maximum absolute atomic E-state index is 11.6. The molecule has 1 rings (SSSR count). The van der Waals surface area contributed by atoms with E-state index in [-0.39, 0.29) is 18.2 Å². The molecule has 0 bridgehead atoms. The first-order chi connectivity index (χ1) is 9.01. The van der Waals surface area contributed by atoms with E-state index in [4.69, 9.17) is 5.26 Å². The van der Waals surface area contributed by atoms with E-state index >= 15 is 0 Å². The zero-order chi connectivity index (χ0) is 14.3. The Kier molecular flexibility index (Phi) is 5.55. The lowest BCUT2D eigenvalue weighted by atomic mass is 10.1.